The zero-order chi connectivity index (χ0) is 14.5. The van der Waals surface area contributed by atoms with Crippen LogP contribution in [0.2, 0.25) is 0 Å². The minimum atomic E-state index is 0.00625. The van der Waals surface area contributed by atoms with Crippen molar-refractivity contribution in [3.05, 3.63) is 17.7 Å². The molecule has 0 amide bonds. The monoisotopic (exact) mass is 279 g/mol. The number of benzene rings is 1. The normalized spacial score (nSPS) is 16.6. The topological polar surface area (TPSA) is 57.5 Å². The first-order valence-corrected chi connectivity index (χ1v) is 6.56. The number of aromatic hydroxyl groups is 1. The Hall–Kier alpha value is -1.95. The number of rotatable bonds is 4. The maximum absolute atomic E-state index is 9.85. The smallest absolute Gasteiger partial charge is 0.200 e. The summed E-state index contributed by atoms with van der Waals surface area (Å²) in [7, 11) is 5.13. The second-order valence-electron chi connectivity index (χ2n) is 4.78. The number of hydrazone groups is 1. The van der Waals surface area contributed by atoms with Gasteiger partial charge in [-0.25, -0.2) is 0 Å². The Morgan fingerprint density at radius 2 is 1.65 bits per heavy atom. The van der Waals surface area contributed by atoms with Gasteiger partial charge in [-0.1, -0.05) is 0 Å². The van der Waals surface area contributed by atoms with E-state index in [9.17, 15) is 5.11 Å². The zero-order valence-electron chi connectivity index (χ0n) is 12.2. The zero-order valence-corrected chi connectivity index (χ0v) is 12.2. The van der Waals surface area contributed by atoms with Gasteiger partial charge in [0.05, 0.1) is 20.4 Å². The van der Waals surface area contributed by atoms with Gasteiger partial charge in [-0.15, -0.1) is 0 Å². The van der Waals surface area contributed by atoms with Gasteiger partial charge < -0.3 is 19.5 Å². The van der Waals surface area contributed by atoms with E-state index < -0.39 is 0 Å². The van der Waals surface area contributed by atoms with Crippen molar-refractivity contribution in [3.8, 4) is 17.2 Å². The average molecular weight is 279 g/mol. The first-order valence-electron chi connectivity index (χ1n) is 6.56. The summed E-state index contributed by atoms with van der Waals surface area (Å²) in [5.74, 6) is 0.764. The number of phenolic OH excluding ortho intramolecular Hbond substituents is 1. The molecule has 1 fully saturated rings. The summed E-state index contributed by atoms with van der Waals surface area (Å²) in [6.07, 6.45) is 1.76. The van der Waals surface area contributed by atoms with E-state index in [1.165, 1.54) is 14.2 Å². The van der Waals surface area contributed by atoms with Gasteiger partial charge in [-0.2, -0.15) is 5.10 Å². The van der Waals surface area contributed by atoms with Crippen molar-refractivity contribution in [1.82, 2.24) is 9.91 Å². The lowest BCUT2D eigenvalue weighted by molar-refractivity contribution is 0.159. The van der Waals surface area contributed by atoms with E-state index in [0.717, 1.165) is 31.7 Å². The van der Waals surface area contributed by atoms with Crippen LogP contribution in [0.5, 0.6) is 17.2 Å². The van der Waals surface area contributed by atoms with Crippen molar-refractivity contribution in [2.45, 2.75) is 0 Å². The summed E-state index contributed by atoms with van der Waals surface area (Å²) in [4.78, 5) is 2.28. The first-order chi connectivity index (χ1) is 9.63. The highest BCUT2D eigenvalue weighted by molar-refractivity contribution is 5.82. The number of likely N-dealkylation sites (N-methyl/N-ethyl adjacent to an activating group) is 1. The van der Waals surface area contributed by atoms with Crippen molar-refractivity contribution in [1.29, 1.82) is 0 Å². The molecule has 0 radical (unpaired) electrons. The first kappa shape index (κ1) is 14.5. The molecule has 1 aromatic rings. The Kier molecular flexibility index (Phi) is 4.68. The fourth-order valence-electron chi connectivity index (χ4n) is 2.05. The molecule has 110 valence electrons. The number of nitrogens with zero attached hydrogens (tertiary/aromatic N) is 3. The molecule has 1 N–H and O–H groups in total. The van der Waals surface area contributed by atoms with Crippen molar-refractivity contribution in [2.75, 3.05) is 47.4 Å². The summed E-state index contributed by atoms with van der Waals surface area (Å²) in [5, 5.41) is 16.3. The molecule has 0 saturated carbocycles. The number of hydrogen-bond donors (Lipinski definition) is 1. The second-order valence-corrected chi connectivity index (χ2v) is 4.78. The van der Waals surface area contributed by atoms with E-state index in [1.807, 2.05) is 5.01 Å². The van der Waals surface area contributed by atoms with E-state index >= 15 is 0 Å². The van der Waals surface area contributed by atoms with Crippen LogP contribution in [0.1, 0.15) is 5.56 Å². The number of phenols is 1. The van der Waals surface area contributed by atoms with Crippen LogP contribution in [0.15, 0.2) is 17.2 Å². The van der Waals surface area contributed by atoms with Gasteiger partial charge in [0.1, 0.15) is 0 Å². The summed E-state index contributed by atoms with van der Waals surface area (Å²) in [6.45, 7) is 3.86. The van der Waals surface area contributed by atoms with E-state index in [2.05, 4.69) is 17.0 Å². The van der Waals surface area contributed by atoms with E-state index in [4.69, 9.17) is 9.47 Å². The third-order valence-corrected chi connectivity index (χ3v) is 3.35. The highest BCUT2D eigenvalue weighted by atomic mass is 16.5. The summed E-state index contributed by atoms with van der Waals surface area (Å²) in [5.41, 5.74) is 0.829. The minimum Gasteiger partial charge on any atom is -0.502 e. The number of ether oxygens (including phenoxy) is 2. The molecule has 0 aliphatic carbocycles. The summed E-state index contributed by atoms with van der Waals surface area (Å²) >= 11 is 0. The maximum Gasteiger partial charge on any atom is 0.200 e. The minimum absolute atomic E-state index is 0.00625. The molecule has 0 unspecified atom stereocenters. The fourth-order valence-corrected chi connectivity index (χ4v) is 2.05. The van der Waals surface area contributed by atoms with Crippen molar-refractivity contribution in [3.63, 3.8) is 0 Å². The van der Waals surface area contributed by atoms with Crippen LogP contribution in [0.3, 0.4) is 0 Å². The van der Waals surface area contributed by atoms with Crippen molar-refractivity contribution < 1.29 is 14.6 Å². The van der Waals surface area contributed by atoms with E-state index in [-0.39, 0.29) is 5.75 Å². The largest absolute Gasteiger partial charge is 0.502 e. The van der Waals surface area contributed by atoms with Gasteiger partial charge in [0.25, 0.3) is 0 Å². The Labute approximate surface area is 119 Å². The molecular weight excluding hydrogens is 258 g/mol. The quantitative estimate of drug-likeness (QED) is 0.833. The Morgan fingerprint density at radius 3 is 2.15 bits per heavy atom. The number of hydrogen-bond acceptors (Lipinski definition) is 6. The van der Waals surface area contributed by atoms with Crippen LogP contribution in [-0.2, 0) is 0 Å². The SMILES string of the molecule is COc1cc(/C=N/N2CCN(C)CC2)cc(OC)c1O. The third-order valence-electron chi connectivity index (χ3n) is 3.35. The van der Waals surface area contributed by atoms with Gasteiger partial charge in [0.2, 0.25) is 5.75 Å². The molecule has 1 aliphatic heterocycles. The second kappa shape index (κ2) is 6.47. The summed E-state index contributed by atoms with van der Waals surface area (Å²) in [6, 6.07) is 3.47. The van der Waals surface area contributed by atoms with Crippen LogP contribution < -0.4 is 9.47 Å². The van der Waals surface area contributed by atoms with Gasteiger partial charge in [-0.05, 0) is 19.2 Å². The van der Waals surface area contributed by atoms with Gasteiger partial charge in [-0.3, -0.25) is 5.01 Å². The van der Waals surface area contributed by atoms with Gasteiger partial charge >= 0.3 is 0 Å². The summed E-state index contributed by atoms with van der Waals surface area (Å²) < 4.78 is 10.2. The highest BCUT2D eigenvalue weighted by Gasteiger charge is 2.12. The molecule has 2 rings (SSSR count). The molecular formula is C14H21N3O3. The third kappa shape index (κ3) is 3.33. The molecule has 0 aromatic heterocycles. The lowest BCUT2D eigenvalue weighted by Crippen LogP contribution is -2.41. The molecule has 6 heteroatoms. The Bertz CT molecular complexity index is 458. The average Bonchev–Trinajstić information content (AvgIpc) is 2.47. The predicted molar refractivity (Wildman–Crippen MR) is 77.9 cm³/mol. The van der Waals surface area contributed by atoms with Crippen molar-refractivity contribution >= 4 is 6.21 Å². The van der Waals surface area contributed by atoms with Gasteiger partial charge in [0, 0.05) is 31.7 Å². The molecule has 6 nitrogen and oxygen atoms in total. The number of methoxy groups -OCH3 is 2. The molecule has 20 heavy (non-hydrogen) atoms. The molecule has 1 aliphatic rings. The van der Waals surface area contributed by atoms with Crippen molar-refractivity contribution in [2.24, 2.45) is 5.10 Å². The van der Waals surface area contributed by atoms with Crippen LogP contribution >= 0.6 is 0 Å². The Balaban J connectivity index is 2.12. The van der Waals surface area contributed by atoms with Crippen LogP contribution in [-0.4, -0.2) is 68.7 Å². The lowest BCUT2D eigenvalue weighted by atomic mass is 10.2. The molecule has 0 atom stereocenters. The molecule has 0 bridgehead atoms. The molecule has 0 spiro atoms. The van der Waals surface area contributed by atoms with Crippen LogP contribution in [0, 0.1) is 0 Å². The Morgan fingerprint density at radius 1 is 1.10 bits per heavy atom. The molecule has 1 saturated heterocycles. The van der Waals surface area contributed by atoms with E-state index in [1.54, 1.807) is 18.3 Å². The number of piperazine rings is 1. The molecule has 1 aromatic carbocycles. The van der Waals surface area contributed by atoms with Gasteiger partial charge in [0.15, 0.2) is 11.5 Å². The maximum atomic E-state index is 9.85. The van der Waals surface area contributed by atoms with E-state index in [0.29, 0.717) is 11.5 Å². The molecule has 1 heterocycles. The van der Waals surface area contributed by atoms with Crippen LogP contribution in [0.4, 0.5) is 0 Å². The fraction of sp³-hybridized carbons (Fsp3) is 0.500. The highest BCUT2D eigenvalue weighted by Crippen LogP contribution is 2.36. The predicted octanol–water partition coefficient (Wildman–Crippen LogP) is 0.991. The van der Waals surface area contributed by atoms with Crippen LogP contribution in [0.25, 0.3) is 0 Å². The lowest BCUT2D eigenvalue weighted by Gasteiger charge is -2.30. The standard InChI is InChI=1S/C14H21N3O3/c1-16-4-6-17(7-5-16)15-10-11-8-12(19-2)14(18)13(9-11)20-3/h8-10,18H,4-7H2,1-3H3/b15-10+.